The number of hydrogen-bond acceptors (Lipinski definition) is 12. The first-order valence-corrected chi connectivity index (χ1v) is 22.6. The highest BCUT2D eigenvalue weighted by Crippen LogP contribution is 2.21. The van der Waals surface area contributed by atoms with Gasteiger partial charge in [-0.15, -0.1) is 0 Å². The Morgan fingerprint density at radius 1 is 0.542 bits per heavy atom. The lowest BCUT2D eigenvalue weighted by molar-refractivity contribution is -0.121. The standard InChI is InChI=1S/C46H60N18O8/c1-58(2)16-9-12-48-37(65)11-14-51-42(68)32-18-28(23-60(32)4)53-44(70)35-21-29(24-63(35)7)54-43(69)34-20-27(22-62(34)6)52-40(66)31(47)10-13-50-41(67)33-19-30(25-61(33)5)55-46(72)39-56-36(26-64(39)8)57-45(71)38-49-15-17-59(38)3/h15,17-26,31H,9-14,16,47H2,1-8H3,(H,48,65)(H,50,67)(H,51,68)(H,52,66)(H,53,70)(H,54,69)(H,55,72)(H,57,71)/t31-/m1/s1. The zero-order valence-electron chi connectivity index (χ0n) is 41.2. The first-order valence-electron chi connectivity index (χ1n) is 22.6. The average molecular weight is 993 g/mol. The number of nitrogens with one attached hydrogen (secondary N) is 8. The summed E-state index contributed by atoms with van der Waals surface area (Å²) >= 11 is 0. The molecule has 0 aliphatic carbocycles. The first-order chi connectivity index (χ1) is 34.2. The second kappa shape index (κ2) is 23.2. The highest BCUT2D eigenvalue weighted by molar-refractivity contribution is 6.08. The fourth-order valence-electron chi connectivity index (χ4n) is 7.40. The Hall–Kier alpha value is -8.78. The third-order valence-corrected chi connectivity index (χ3v) is 11.2. The largest absolute Gasteiger partial charge is 0.356 e. The van der Waals surface area contributed by atoms with Crippen LogP contribution in [0.4, 0.5) is 28.6 Å². The minimum Gasteiger partial charge on any atom is -0.356 e. The van der Waals surface area contributed by atoms with E-state index in [1.807, 2.05) is 19.0 Å². The fourth-order valence-corrected chi connectivity index (χ4v) is 7.40. The SMILES string of the molecule is CN(C)CCCNC(=O)CCNC(=O)c1cc(NC(=O)c2cc(NC(=O)c3cc(NC(=O)[C@H](N)CCNC(=O)c4cc(NC(=O)c5nc(NC(=O)c6nccn6C)cn5C)cn4C)cn3C)cn2C)cn1C. The molecule has 1 atom stereocenters. The number of hydrogen-bond donors (Lipinski definition) is 9. The number of anilines is 5. The predicted molar refractivity (Wildman–Crippen MR) is 267 cm³/mol. The van der Waals surface area contributed by atoms with Crippen LogP contribution in [0.3, 0.4) is 0 Å². The van der Waals surface area contributed by atoms with Crippen molar-refractivity contribution in [3.05, 3.63) is 102 Å². The van der Waals surface area contributed by atoms with Gasteiger partial charge in [0.05, 0.1) is 28.8 Å². The fraction of sp³-hybridized carbons (Fsp3) is 0.348. The van der Waals surface area contributed by atoms with Crippen LogP contribution in [0, 0.1) is 0 Å². The van der Waals surface area contributed by atoms with Gasteiger partial charge >= 0.3 is 0 Å². The van der Waals surface area contributed by atoms with Gasteiger partial charge in [0.1, 0.15) is 22.8 Å². The summed E-state index contributed by atoms with van der Waals surface area (Å²) < 4.78 is 9.09. The van der Waals surface area contributed by atoms with Crippen molar-refractivity contribution in [1.29, 1.82) is 0 Å². The molecule has 382 valence electrons. The summed E-state index contributed by atoms with van der Waals surface area (Å²) in [7, 11) is 13.7. The van der Waals surface area contributed by atoms with E-state index in [0.717, 1.165) is 13.0 Å². The highest BCUT2D eigenvalue weighted by atomic mass is 16.2. The normalized spacial score (nSPS) is 11.5. The molecule has 0 fully saturated rings. The molecule has 0 spiro atoms. The number of nitrogens with zero attached hydrogens (tertiary/aromatic N) is 9. The van der Waals surface area contributed by atoms with Gasteiger partial charge in [0.15, 0.2) is 11.6 Å². The number of amides is 8. The van der Waals surface area contributed by atoms with Crippen LogP contribution in [0.2, 0.25) is 0 Å². The van der Waals surface area contributed by atoms with Crippen LogP contribution in [-0.4, -0.2) is 136 Å². The summed E-state index contributed by atoms with van der Waals surface area (Å²) in [6, 6.07) is 4.90. The van der Waals surface area contributed by atoms with Gasteiger partial charge in [-0.1, -0.05) is 0 Å². The topological polar surface area (TPSA) is 317 Å². The Labute approximate surface area is 413 Å². The molecule has 10 N–H and O–H groups in total. The molecule has 0 saturated heterocycles. The summed E-state index contributed by atoms with van der Waals surface area (Å²) in [4.78, 5) is 114. The van der Waals surface area contributed by atoms with Crippen LogP contribution in [0.1, 0.15) is 82.5 Å². The van der Waals surface area contributed by atoms with Crippen LogP contribution in [-0.2, 0) is 51.9 Å². The molecule has 0 aliphatic rings. The van der Waals surface area contributed by atoms with Crippen molar-refractivity contribution in [2.45, 2.75) is 25.3 Å². The molecule has 6 rings (SSSR count). The molecule has 0 radical (unpaired) electrons. The van der Waals surface area contributed by atoms with Gasteiger partial charge in [-0.05, 0) is 57.7 Å². The monoisotopic (exact) mass is 992 g/mol. The zero-order chi connectivity index (χ0) is 52.4. The van der Waals surface area contributed by atoms with Crippen molar-refractivity contribution < 1.29 is 38.4 Å². The van der Waals surface area contributed by atoms with Gasteiger partial charge in [0.2, 0.25) is 17.6 Å². The molecule has 6 aromatic rings. The van der Waals surface area contributed by atoms with E-state index >= 15 is 0 Å². The summed E-state index contributed by atoms with van der Waals surface area (Å²) in [5.41, 5.74) is 8.33. The van der Waals surface area contributed by atoms with E-state index in [4.69, 9.17) is 5.73 Å². The maximum atomic E-state index is 13.4. The molecule has 26 heteroatoms. The second-order valence-corrected chi connectivity index (χ2v) is 17.3. The summed E-state index contributed by atoms with van der Waals surface area (Å²) in [5.74, 6) is -3.42. The van der Waals surface area contributed by atoms with E-state index in [-0.39, 0.29) is 72.1 Å². The molecule has 0 aliphatic heterocycles. The second-order valence-electron chi connectivity index (χ2n) is 17.3. The number of aromatic nitrogens is 8. The van der Waals surface area contributed by atoms with E-state index in [1.54, 1.807) is 76.2 Å². The number of aryl methyl sites for hydroxylation is 6. The molecule has 8 amide bonds. The lowest BCUT2D eigenvalue weighted by atomic mass is 10.2. The minimum atomic E-state index is -1.04. The molecule has 0 bridgehead atoms. The van der Waals surface area contributed by atoms with Gasteiger partial charge < -0.3 is 80.6 Å². The molecule has 0 aromatic carbocycles. The maximum Gasteiger partial charge on any atom is 0.292 e. The van der Waals surface area contributed by atoms with Crippen molar-refractivity contribution in [3.8, 4) is 0 Å². The summed E-state index contributed by atoms with van der Waals surface area (Å²) in [5, 5.41) is 21.8. The Balaban J connectivity index is 0.932. The van der Waals surface area contributed by atoms with Gasteiger partial charge in [-0.3, -0.25) is 38.4 Å². The number of carbonyl (C=O) groups excluding carboxylic acids is 8. The number of carbonyl (C=O) groups is 8. The molecule has 6 aromatic heterocycles. The minimum absolute atomic E-state index is 0.000522. The molecule has 0 saturated carbocycles. The number of rotatable bonds is 22. The van der Waals surface area contributed by atoms with E-state index in [9.17, 15) is 38.4 Å². The smallest absolute Gasteiger partial charge is 0.292 e. The van der Waals surface area contributed by atoms with Crippen molar-refractivity contribution >= 4 is 75.8 Å². The Morgan fingerprint density at radius 2 is 1.01 bits per heavy atom. The van der Waals surface area contributed by atoms with Gasteiger partial charge in [-0.25, -0.2) is 9.97 Å². The Kier molecular flexibility index (Phi) is 17.0. The predicted octanol–water partition coefficient (Wildman–Crippen LogP) is 0.791. The molecular weight excluding hydrogens is 933 g/mol. The molecule has 26 nitrogen and oxygen atoms in total. The van der Waals surface area contributed by atoms with Gasteiger partial charge in [-0.2, -0.15) is 0 Å². The molecule has 6 heterocycles. The highest BCUT2D eigenvalue weighted by Gasteiger charge is 2.23. The van der Waals surface area contributed by atoms with Crippen LogP contribution in [0.5, 0.6) is 0 Å². The summed E-state index contributed by atoms with van der Waals surface area (Å²) in [6.45, 7) is 1.57. The van der Waals surface area contributed by atoms with Gasteiger partial charge in [0, 0.05) is 112 Å². The van der Waals surface area contributed by atoms with E-state index in [1.165, 1.54) is 61.1 Å². The molecular formula is C46H60N18O8. The third kappa shape index (κ3) is 13.5. The van der Waals surface area contributed by atoms with E-state index < -0.39 is 47.4 Å². The average Bonchev–Trinajstić information content (AvgIpc) is 4.18. The quantitative estimate of drug-likeness (QED) is 0.0427. The Morgan fingerprint density at radius 3 is 1.51 bits per heavy atom. The van der Waals surface area contributed by atoms with E-state index in [2.05, 4.69) is 52.5 Å². The lowest BCUT2D eigenvalue weighted by Gasteiger charge is -2.12. The van der Waals surface area contributed by atoms with Crippen LogP contribution < -0.4 is 48.3 Å². The van der Waals surface area contributed by atoms with Crippen molar-refractivity contribution in [2.75, 3.05) is 66.9 Å². The van der Waals surface area contributed by atoms with Crippen molar-refractivity contribution in [1.82, 2.24) is 58.2 Å². The third-order valence-electron chi connectivity index (χ3n) is 11.2. The molecule has 72 heavy (non-hydrogen) atoms. The van der Waals surface area contributed by atoms with Crippen LogP contribution >= 0.6 is 0 Å². The number of imidazole rings is 2. The van der Waals surface area contributed by atoms with Crippen molar-refractivity contribution in [2.24, 2.45) is 48.0 Å². The van der Waals surface area contributed by atoms with Crippen LogP contribution in [0.15, 0.2) is 67.6 Å². The van der Waals surface area contributed by atoms with Crippen LogP contribution in [0.25, 0.3) is 0 Å². The van der Waals surface area contributed by atoms with Crippen molar-refractivity contribution in [3.63, 3.8) is 0 Å². The van der Waals surface area contributed by atoms with E-state index in [0.29, 0.717) is 29.3 Å². The summed E-state index contributed by atoms with van der Waals surface area (Å²) in [6.07, 6.45) is 11.8. The zero-order valence-corrected chi connectivity index (χ0v) is 41.2. The lowest BCUT2D eigenvalue weighted by Crippen LogP contribution is -2.39. The maximum absolute atomic E-state index is 13.4. The Bertz CT molecular complexity index is 3000. The first kappa shape index (κ1) is 52.6. The number of nitrogens with two attached hydrogens (primary N) is 1. The molecule has 0 unspecified atom stereocenters. The van der Waals surface area contributed by atoms with Gasteiger partial charge in [0.25, 0.3) is 35.4 Å².